The van der Waals surface area contributed by atoms with Crippen LogP contribution in [0, 0.1) is 0 Å². The predicted molar refractivity (Wildman–Crippen MR) is 150 cm³/mol. The number of aromatic nitrogens is 4. The van der Waals surface area contributed by atoms with Crippen LogP contribution < -0.4 is 19.0 Å². The van der Waals surface area contributed by atoms with Gasteiger partial charge in [0.2, 0.25) is 0 Å². The Morgan fingerprint density at radius 1 is 0.692 bits per heavy atom. The Morgan fingerprint density at radius 3 is 1.90 bits per heavy atom. The van der Waals surface area contributed by atoms with Crippen LogP contribution >= 0.6 is 0 Å². The molecule has 0 aliphatic carbocycles. The van der Waals surface area contributed by atoms with E-state index in [9.17, 15) is 0 Å². The normalized spacial score (nSPS) is 11.7. The van der Waals surface area contributed by atoms with Crippen LogP contribution in [-0.4, -0.2) is 48.1 Å². The largest absolute Gasteiger partial charge is 2.00 e. The second-order valence-electron chi connectivity index (χ2n) is 8.71. The zero-order valence-electron chi connectivity index (χ0n) is 21.8. The van der Waals surface area contributed by atoms with Crippen molar-refractivity contribution in [1.29, 1.82) is 0 Å². The van der Waals surface area contributed by atoms with Crippen molar-refractivity contribution in [2.45, 2.75) is 0 Å². The fourth-order valence-corrected chi connectivity index (χ4v) is 4.89. The first-order valence-corrected chi connectivity index (χ1v) is 12.1. The molecule has 4 aromatic rings. The Balaban J connectivity index is 0.00000308. The van der Waals surface area contributed by atoms with Gasteiger partial charge in [0.25, 0.3) is 0 Å². The molecule has 0 saturated heterocycles. The quantitative estimate of drug-likeness (QED) is 0.263. The average molecular weight is 565 g/mol. The Hall–Kier alpha value is -4.49. The van der Waals surface area contributed by atoms with Crippen LogP contribution in [-0.2, 0) is 16.5 Å². The first-order chi connectivity index (χ1) is 18.6. The zero-order valence-corrected chi connectivity index (χ0v) is 22.8. The maximum atomic E-state index is 6.06. The standard InChI is InChI=1S/C30H26N4O4.Ni/c1-35-25-17-23-15-21-11-10-19(31-21)14-20-12-13-22(32-20)16-24-26(18-8-6-5-7-9-18)29(36-2)28(34(24)38-4)30(37-3)27(25)33-23;/h5-17,33H,1-4H3;/q;+2. The third-order valence-electron chi connectivity index (χ3n) is 6.49. The number of aromatic amines is 1. The second kappa shape index (κ2) is 10.7. The molecule has 0 saturated carbocycles. The van der Waals surface area contributed by atoms with Crippen molar-refractivity contribution in [3.8, 4) is 28.4 Å². The van der Waals surface area contributed by atoms with Crippen molar-refractivity contribution >= 4 is 46.4 Å². The Kier molecular flexibility index (Phi) is 7.18. The summed E-state index contributed by atoms with van der Waals surface area (Å²) in [7, 11) is 6.49. The van der Waals surface area contributed by atoms with Gasteiger partial charge in [0.1, 0.15) is 18.4 Å². The number of methoxy groups -OCH3 is 3. The van der Waals surface area contributed by atoms with E-state index in [1.807, 2.05) is 78.9 Å². The van der Waals surface area contributed by atoms with Crippen LogP contribution in [0.4, 0.5) is 0 Å². The average Bonchev–Trinajstić information content (AvgIpc) is 3.72. The van der Waals surface area contributed by atoms with Crippen LogP contribution in [0.15, 0.2) is 54.6 Å². The van der Waals surface area contributed by atoms with Gasteiger partial charge in [-0.2, -0.15) is 4.73 Å². The van der Waals surface area contributed by atoms with E-state index in [4.69, 9.17) is 29.0 Å². The van der Waals surface area contributed by atoms with Gasteiger partial charge in [0.15, 0.2) is 17.0 Å². The summed E-state index contributed by atoms with van der Waals surface area (Å²) in [6, 6.07) is 17.8. The summed E-state index contributed by atoms with van der Waals surface area (Å²) in [5.41, 5.74) is 7.80. The third-order valence-corrected chi connectivity index (χ3v) is 6.49. The zero-order chi connectivity index (χ0) is 26.2. The molecule has 3 aromatic heterocycles. The molecule has 5 heterocycles. The van der Waals surface area contributed by atoms with E-state index in [1.165, 1.54) is 0 Å². The first-order valence-electron chi connectivity index (χ1n) is 12.1. The van der Waals surface area contributed by atoms with Gasteiger partial charge < -0.3 is 24.0 Å². The second-order valence-corrected chi connectivity index (χ2v) is 8.71. The van der Waals surface area contributed by atoms with Gasteiger partial charge in [-0.1, -0.05) is 30.3 Å². The van der Waals surface area contributed by atoms with Crippen LogP contribution in [0.25, 0.3) is 57.5 Å². The van der Waals surface area contributed by atoms with Gasteiger partial charge >= 0.3 is 16.5 Å². The molecule has 39 heavy (non-hydrogen) atoms. The van der Waals surface area contributed by atoms with E-state index < -0.39 is 0 Å². The third kappa shape index (κ3) is 4.55. The molecule has 0 atom stereocenters. The molecule has 0 unspecified atom stereocenters. The Bertz CT molecular complexity index is 1770. The summed E-state index contributed by atoms with van der Waals surface area (Å²) < 4.78 is 19.5. The van der Waals surface area contributed by atoms with Gasteiger partial charge in [-0.05, 0) is 48.1 Å². The first kappa shape index (κ1) is 26.1. The molecule has 2 aliphatic heterocycles. The smallest absolute Gasteiger partial charge is 0.494 e. The van der Waals surface area contributed by atoms with Crippen molar-refractivity contribution in [2.75, 3.05) is 28.4 Å². The van der Waals surface area contributed by atoms with Crippen LogP contribution in [0.1, 0.15) is 22.8 Å². The predicted octanol–water partition coefficient (Wildman–Crippen LogP) is 5.88. The van der Waals surface area contributed by atoms with Crippen molar-refractivity contribution in [2.24, 2.45) is 0 Å². The number of benzene rings is 1. The molecular weight excluding hydrogens is 539 g/mol. The molecule has 0 radical (unpaired) electrons. The molecule has 0 amide bonds. The monoisotopic (exact) mass is 564 g/mol. The number of rotatable bonds is 5. The number of hydrogen-bond acceptors (Lipinski definition) is 6. The van der Waals surface area contributed by atoms with E-state index in [1.54, 1.807) is 33.2 Å². The minimum atomic E-state index is 0. The molecule has 9 heteroatoms. The number of H-pyrrole nitrogens is 1. The summed E-state index contributed by atoms with van der Waals surface area (Å²) in [6.07, 6.45) is 7.87. The van der Waals surface area contributed by atoms with Crippen LogP contribution in [0.3, 0.4) is 0 Å². The summed E-state index contributed by atoms with van der Waals surface area (Å²) in [6.45, 7) is 0. The molecule has 198 valence electrons. The molecule has 6 rings (SSSR count). The topological polar surface area (TPSA) is 83.4 Å². The number of nitrogens with zero attached hydrogens (tertiary/aromatic N) is 3. The van der Waals surface area contributed by atoms with Gasteiger partial charge in [0.05, 0.1) is 55.2 Å². The van der Waals surface area contributed by atoms with E-state index >= 15 is 0 Å². The van der Waals surface area contributed by atoms with Gasteiger partial charge in [-0.15, -0.1) is 0 Å². The van der Waals surface area contributed by atoms with E-state index in [0.717, 1.165) is 44.9 Å². The van der Waals surface area contributed by atoms with Gasteiger partial charge in [-0.3, -0.25) is 0 Å². The molecule has 8 nitrogen and oxygen atoms in total. The minimum Gasteiger partial charge on any atom is -0.494 e. The molecule has 8 bridgehead atoms. The van der Waals surface area contributed by atoms with E-state index in [2.05, 4.69) is 4.98 Å². The number of hydrogen-bond donors (Lipinski definition) is 1. The Morgan fingerprint density at radius 2 is 1.31 bits per heavy atom. The van der Waals surface area contributed by atoms with Crippen molar-refractivity contribution in [1.82, 2.24) is 19.7 Å². The molecule has 0 fully saturated rings. The summed E-state index contributed by atoms with van der Waals surface area (Å²) >= 11 is 0. The molecule has 1 aromatic carbocycles. The van der Waals surface area contributed by atoms with Crippen molar-refractivity contribution in [3.63, 3.8) is 0 Å². The SMILES string of the molecule is COc1cc2cc3nc(cc4nc(cc5c(-c6ccccc6)c(OC)c(c(OC)c1[nH]2)n5OC)C=C4)C=C3.[Ni+2]. The Labute approximate surface area is 235 Å². The van der Waals surface area contributed by atoms with Crippen molar-refractivity contribution < 1.29 is 35.5 Å². The maximum Gasteiger partial charge on any atom is 2.00 e. The number of fused-ring (bicyclic) bond motifs is 8. The fraction of sp³-hybridized carbons (Fsp3) is 0.133. The fourth-order valence-electron chi connectivity index (χ4n) is 4.89. The van der Waals surface area contributed by atoms with Crippen LogP contribution in [0.5, 0.6) is 17.2 Å². The number of ether oxygens (including phenoxy) is 3. The molecule has 2 aliphatic rings. The molecular formula is C30H26N4NiO4+2. The number of nitrogens with one attached hydrogen (secondary N) is 1. The summed E-state index contributed by atoms with van der Waals surface area (Å²) in [5.74, 6) is 1.69. The van der Waals surface area contributed by atoms with E-state index in [0.29, 0.717) is 28.3 Å². The summed E-state index contributed by atoms with van der Waals surface area (Å²) in [5, 5.41) is 0. The maximum absolute atomic E-state index is 6.06. The van der Waals surface area contributed by atoms with E-state index in [-0.39, 0.29) is 16.5 Å². The minimum absolute atomic E-state index is 0. The van der Waals surface area contributed by atoms with Crippen molar-refractivity contribution in [3.05, 3.63) is 77.4 Å². The van der Waals surface area contributed by atoms with Gasteiger partial charge in [-0.25, -0.2) is 9.97 Å². The van der Waals surface area contributed by atoms with Gasteiger partial charge in [0, 0.05) is 11.6 Å². The molecule has 1 N–H and O–H groups in total. The van der Waals surface area contributed by atoms with Crippen LogP contribution in [0.2, 0.25) is 0 Å². The summed E-state index contributed by atoms with van der Waals surface area (Å²) in [4.78, 5) is 19.0. The molecule has 0 spiro atoms.